The molecular weight excluding hydrogens is 248 g/mol. The predicted octanol–water partition coefficient (Wildman–Crippen LogP) is 2.52. The largest absolute Gasteiger partial charge is 0.339 e. The number of amides is 1. The molecule has 2 unspecified atom stereocenters. The van der Waals surface area contributed by atoms with Gasteiger partial charge in [-0.3, -0.25) is 4.79 Å². The van der Waals surface area contributed by atoms with E-state index in [-0.39, 0.29) is 5.92 Å². The molecule has 2 aliphatic heterocycles. The average Bonchev–Trinajstić information content (AvgIpc) is 2.95. The van der Waals surface area contributed by atoms with Crippen LogP contribution in [0.5, 0.6) is 0 Å². The van der Waals surface area contributed by atoms with Gasteiger partial charge in [-0.2, -0.15) is 0 Å². The number of hydrogen-bond acceptors (Lipinski definition) is 2. The highest BCUT2D eigenvalue weighted by molar-refractivity contribution is 5.85. The van der Waals surface area contributed by atoms with Gasteiger partial charge in [0.05, 0.1) is 5.92 Å². The van der Waals surface area contributed by atoms with Gasteiger partial charge < -0.3 is 10.2 Å². The Morgan fingerprint density at radius 1 is 1.35 bits per heavy atom. The monoisotopic (exact) mass is 272 g/mol. The molecular formula is C17H24N2O. The molecule has 1 aromatic carbocycles. The summed E-state index contributed by atoms with van der Waals surface area (Å²) in [4.78, 5) is 15.1. The van der Waals surface area contributed by atoms with E-state index in [9.17, 15) is 4.79 Å². The Labute approximate surface area is 121 Å². The van der Waals surface area contributed by atoms with E-state index < -0.39 is 0 Å². The molecule has 0 aliphatic carbocycles. The number of fused-ring (bicyclic) bond motifs is 1. The van der Waals surface area contributed by atoms with E-state index in [1.807, 2.05) is 6.07 Å². The average molecular weight is 272 g/mol. The number of nitrogens with zero attached hydrogens (tertiary/aromatic N) is 1. The van der Waals surface area contributed by atoms with Crippen molar-refractivity contribution in [2.24, 2.45) is 5.92 Å². The van der Waals surface area contributed by atoms with E-state index in [0.29, 0.717) is 17.9 Å². The summed E-state index contributed by atoms with van der Waals surface area (Å²) in [6, 6.07) is 8.79. The van der Waals surface area contributed by atoms with E-state index >= 15 is 0 Å². The topological polar surface area (TPSA) is 32.3 Å². The van der Waals surface area contributed by atoms with Gasteiger partial charge >= 0.3 is 0 Å². The molecule has 0 aromatic heterocycles. The summed E-state index contributed by atoms with van der Waals surface area (Å²) in [5.74, 6) is 0.869. The molecule has 1 amide bonds. The van der Waals surface area contributed by atoms with Gasteiger partial charge in [0.2, 0.25) is 5.91 Å². The van der Waals surface area contributed by atoms with Crippen LogP contribution in [-0.2, 0) is 11.3 Å². The Bertz CT molecular complexity index is 498. The third-order valence-electron chi connectivity index (χ3n) is 4.74. The van der Waals surface area contributed by atoms with E-state index in [1.165, 1.54) is 11.1 Å². The van der Waals surface area contributed by atoms with Gasteiger partial charge in [-0.1, -0.05) is 38.1 Å². The quantitative estimate of drug-likeness (QED) is 0.897. The molecule has 3 rings (SSSR count). The second-order valence-corrected chi connectivity index (χ2v) is 6.37. The fraction of sp³-hybridized carbons (Fsp3) is 0.588. The molecule has 1 N–H and O–H groups in total. The summed E-state index contributed by atoms with van der Waals surface area (Å²) in [6.07, 6.45) is 2.31. The highest BCUT2D eigenvalue weighted by Crippen LogP contribution is 2.31. The second-order valence-electron chi connectivity index (χ2n) is 6.37. The Morgan fingerprint density at radius 3 is 2.95 bits per heavy atom. The van der Waals surface area contributed by atoms with Crippen molar-refractivity contribution >= 4 is 5.91 Å². The van der Waals surface area contributed by atoms with Crippen molar-refractivity contribution in [3.63, 3.8) is 0 Å². The molecule has 3 heteroatoms. The molecule has 20 heavy (non-hydrogen) atoms. The molecule has 2 atom stereocenters. The minimum Gasteiger partial charge on any atom is -0.339 e. The fourth-order valence-corrected chi connectivity index (χ4v) is 3.68. The maximum absolute atomic E-state index is 13.0. The van der Waals surface area contributed by atoms with Crippen molar-refractivity contribution < 1.29 is 4.79 Å². The first kappa shape index (κ1) is 13.6. The van der Waals surface area contributed by atoms with Crippen molar-refractivity contribution in [2.75, 3.05) is 13.1 Å². The third kappa shape index (κ3) is 2.35. The van der Waals surface area contributed by atoms with Gasteiger partial charge in [0.25, 0.3) is 0 Å². The van der Waals surface area contributed by atoms with E-state index in [4.69, 9.17) is 0 Å². The lowest BCUT2D eigenvalue weighted by Crippen LogP contribution is -2.45. The van der Waals surface area contributed by atoms with Crippen LogP contribution in [0.4, 0.5) is 0 Å². The van der Waals surface area contributed by atoms with Crippen molar-refractivity contribution in [2.45, 2.75) is 45.2 Å². The second kappa shape index (κ2) is 5.57. The molecule has 108 valence electrons. The van der Waals surface area contributed by atoms with Crippen LogP contribution in [-0.4, -0.2) is 29.9 Å². The van der Waals surface area contributed by atoms with Crippen molar-refractivity contribution in [3.8, 4) is 0 Å². The Balaban J connectivity index is 1.85. The summed E-state index contributed by atoms with van der Waals surface area (Å²) in [5, 5.41) is 3.39. The zero-order valence-corrected chi connectivity index (χ0v) is 12.4. The number of rotatable bonds is 2. The zero-order chi connectivity index (χ0) is 14.1. The van der Waals surface area contributed by atoms with Gasteiger partial charge in [-0.05, 0) is 29.9 Å². The first-order chi connectivity index (χ1) is 9.68. The molecule has 0 radical (unpaired) electrons. The standard InChI is InChI=1S/C17H24N2O/c1-12(2)16-8-5-9-19(16)17(20)15-11-18-10-13-6-3-4-7-14(13)15/h3-4,6-7,12,15-16,18H,5,8-11H2,1-2H3. The lowest BCUT2D eigenvalue weighted by molar-refractivity contribution is -0.134. The minimum atomic E-state index is -0.000648. The third-order valence-corrected chi connectivity index (χ3v) is 4.74. The van der Waals surface area contributed by atoms with Gasteiger partial charge in [0.15, 0.2) is 0 Å². The van der Waals surface area contributed by atoms with Gasteiger partial charge in [-0.25, -0.2) is 0 Å². The molecule has 1 aromatic rings. The first-order valence-corrected chi connectivity index (χ1v) is 7.77. The van der Waals surface area contributed by atoms with E-state index in [1.54, 1.807) is 0 Å². The smallest absolute Gasteiger partial charge is 0.231 e. The van der Waals surface area contributed by atoms with Gasteiger partial charge in [-0.15, -0.1) is 0 Å². The SMILES string of the molecule is CC(C)C1CCCN1C(=O)C1CNCc2ccccc21. The lowest BCUT2D eigenvalue weighted by atomic mass is 9.89. The van der Waals surface area contributed by atoms with Crippen LogP contribution in [0.15, 0.2) is 24.3 Å². The van der Waals surface area contributed by atoms with Crippen LogP contribution in [0.2, 0.25) is 0 Å². The summed E-state index contributed by atoms with van der Waals surface area (Å²) >= 11 is 0. The Morgan fingerprint density at radius 2 is 2.15 bits per heavy atom. The molecule has 1 fully saturated rings. The number of carbonyl (C=O) groups is 1. The fourth-order valence-electron chi connectivity index (χ4n) is 3.68. The van der Waals surface area contributed by atoms with Crippen LogP contribution < -0.4 is 5.32 Å². The predicted molar refractivity (Wildman–Crippen MR) is 80.5 cm³/mol. The normalized spacial score (nSPS) is 25.9. The molecule has 0 saturated carbocycles. The summed E-state index contributed by atoms with van der Waals surface area (Å²) in [5.41, 5.74) is 2.50. The summed E-state index contributed by atoms with van der Waals surface area (Å²) in [7, 11) is 0. The van der Waals surface area contributed by atoms with Crippen LogP contribution in [0.25, 0.3) is 0 Å². The van der Waals surface area contributed by atoms with E-state index in [0.717, 1.165) is 32.5 Å². The number of likely N-dealkylation sites (tertiary alicyclic amines) is 1. The molecule has 2 aliphatic rings. The van der Waals surface area contributed by atoms with Crippen LogP contribution in [0.3, 0.4) is 0 Å². The molecule has 2 heterocycles. The summed E-state index contributed by atoms with van der Waals surface area (Å²) in [6.45, 7) is 7.04. The minimum absolute atomic E-state index is 0.000648. The highest BCUT2D eigenvalue weighted by atomic mass is 16.2. The van der Waals surface area contributed by atoms with Crippen LogP contribution in [0, 0.1) is 5.92 Å². The van der Waals surface area contributed by atoms with Gasteiger partial charge in [0.1, 0.15) is 0 Å². The number of benzene rings is 1. The van der Waals surface area contributed by atoms with Crippen molar-refractivity contribution in [3.05, 3.63) is 35.4 Å². The van der Waals surface area contributed by atoms with Crippen LogP contribution in [0.1, 0.15) is 43.7 Å². The van der Waals surface area contributed by atoms with Crippen molar-refractivity contribution in [1.29, 1.82) is 0 Å². The maximum atomic E-state index is 13.0. The van der Waals surface area contributed by atoms with Crippen LogP contribution >= 0.6 is 0 Å². The molecule has 3 nitrogen and oxygen atoms in total. The lowest BCUT2D eigenvalue weighted by Gasteiger charge is -2.33. The number of nitrogens with one attached hydrogen (secondary N) is 1. The van der Waals surface area contributed by atoms with Gasteiger partial charge in [0, 0.05) is 25.7 Å². The Hall–Kier alpha value is -1.35. The first-order valence-electron chi connectivity index (χ1n) is 7.77. The highest BCUT2D eigenvalue weighted by Gasteiger charge is 2.36. The molecule has 1 saturated heterocycles. The number of carbonyl (C=O) groups excluding carboxylic acids is 1. The van der Waals surface area contributed by atoms with Crippen molar-refractivity contribution in [1.82, 2.24) is 10.2 Å². The maximum Gasteiger partial charge on any atom is 0.231 e. The Kier molecular flexibility index (Phi) is 3.79. The zero-order valence-electron chi connectivity index (χ0n) is 12.4. The molecule has 0 bridgehead atoms. The molecule has 0 spiro atoms. The summed E-state index contributed by atoms with van der Waals surface area (Å²) < 4.78 is 0. The number of hydrogen-bond donors (Lipinski definition) is 1. The van der Waals surface area contributed by atoms with E-state index in [2.05, 4.69) is 42.3 Å².